The number of benzene rings is 6. The summed E-state index contributed by atoms with van der Waals surface area (Å²) in [6.45, 7) is 0. The quantitative estimate of drug-likeness (QED) is 0.179. The van der Waals surface area contributed by atoms with Crippen LogP contribution in [0.3, 0.4) is 0 Å². The molecule has 0 unspecified atom stereocenters. The number of hydrogen-bond acceptors (Lipinski definition) is 3. The van der Waals surface area contributed by atoms with Gasteiger partial charge in [-0.15, -0.1) is 22.7 Å². The number of aliphatic imine (C=N–C) groups is 1. The van der Waals surface area contributed by atoms with Crippen LogP contribution in [-0.4, -0.2) is 10.4 Å². The first-order valence-electron chi connectivity index (χ1n) is 15.0. The molecular formula is C40H24N2S2. The van der Waals surface area contributed by atoms with E-state index in [0.717, 1.165) is 17.9 Å². The van der Waals surface area contributed by atoms with Crippen LogP contribution in [0, 0.1) is 0 Å². The van der Waals surface area contributed by atoms with Crippen LogP contribution in [0.1, 0.15) is 16.9 Å². The number of hydrogen-bond donors (Lipinski definition) is 0. The van der Waals surface area contributed by atoms with Crippen molar-refractivity contribution >= 4 is 103 Å². The van der Waals surface area contributed by atoms with E-state index in [-0.39, 0.29) is 0 Å². The molecule has 1 aliphatic rings. The van der Waals surface area contributed by atoms with Gasteiger partial charge in [0, 0.05) is 58.2 Å². The monoisotopic (exact) mass is 596 g/mol. The van der Waals surface area contributed by atoms with E-state index in [1.165, 1.54) is 78.9 Å². The minimum atomic E-state index is 0.727. The van der Waals surface area contributed by atoms with Crippen molar-refractivity contribution < 1.29 is 0 Å². The first-order chi connectivity index (χ1) is 21.8. The molecule has 0 fully saturated rings. The van der Waals surface area contributed by atoms with Crippen molar-refractivity contribution in [1.29, 1.82) is 0 Å². The molecule has 0 radical (unpaired) electrons. The Labute approximate surface area is 261 Å². The Morgan fingerprint density at radius 3 is 2.00 bits per heavy atom. The highest BCUT2D eigenvalue weighted by molar-refractivity contribution is 7.27. The van der Waals surface area contributed by atoms with Gasteiger partial charge < -0.3 is 0 Å². The molecular weight excluding hydrogens is 573 g/mol. The molecule has 1 aliphatic heterocycles. The average molecular weight is 597 g/mol. The lowest BCUT2D eigenvalue weighted by Crippen LogP contribution is -2.10. The Balaban J connectivity index is 1.39. The van der Waals surface area contributed by atoms with Gasteiger partial charge in [-0.1, -0.05) is 115 Å². The maximum atomic E-state index is 5.62. The molecule has 10 rings (SSSR count). The SMILES string of the molecule is C1=C(c2ccccc2)c2sc3ccccc3c2N=C(n2c3ccccc3c3c4c5ccccc5sc4c4ccccc4c32)C1. The smallest absolute Gasteiger partial charge is 0.118 e. The van der Waals surface area contributed by atoms with Gasteiger partial charge in [0.1, 0.15) is 5.84 Å². The van der Waals surface area contributed by atoms with Gasteiger partial charge in [-0.2, -0.15) is 0 Å². The predicted octanol–water partition coefficient (Wildman–Crippen LogP) is 11.9. The summed E-state index contributed by atoms with van der Waals surface area (Å²) in [7, 11) is 0. The number of thiophene rings is 2. The largest absolute Gasteiger partial charge is 0.296 e. The second-order valence-electron chi connectivity index (χ2n) is 11.4. The molecule has 44 heavy (non-hydrogen) atoms. The highest BCUT2D eigenvalue weighted by Crippen LogP contribution is 2.49. The molecule has 9 aromatic rings. The maximum absolute atomic E-state index is 5.62. The van der Waals surface area contributed by atoms with Crippen molar-refractivity contribution in [2.24, 2.45) is 4.99 Å². The molecule has 0 atom stereocenters. The van der Waals surface area contributed by atoms with E-state index in [1.54, 1.807) is 0 Å². The molecule has 0 spiro atoms. The lowest BCUT2D eigenvalue weighted by Gasteiger charge is -2.12. The lowest BCUT2D eigenvalue weighted by atomic mass is 10.00. The summed E-state index contributed by atoms with van der Waals surface area (Å²) in [5.74, 6) is 1.05. The molecule has 2 nitrogen and oxygen atoms in total. The fourth-order valence-electron chi connectivity index (χ4n) is 7.18. The molecule has 4 heteroatoms. The van der Waals surface area contributed by atoms with E-state index in [2.05, 4.69) is 138 Å². The van der Waals surface area contributed by atoms with E-state index >= 15 is 0 Å². The normalized spacial score (nSPS) is 13.6. The van der Waals surface area contributed by atoms with Crippen molar-refractivity contribution in [3.63, 3.8) is 0 Å². The number of nitrogens with zero attached hydrogens (tertiary/aromatic N) is 2. The zero-order valence-corrected chi connectivity index (χ0v) is 25.3. The first-order valence-corrected chi connectivity index (χ1v) is 16.6. The molecule has 206 valence electrons. The molecule has 0 saturated heterocycles. The summed E-state index contributed by atoms with van der Waals surface area (Å²) < 4.78 is 6.42. The minimum Gasteiger partial charge on any atom is -0.296 e. The van der Waals surface area contributed by atoms with Gasteiger partial charge in [0.2, 0.25) is 0 Å². The van der Waals surface area contributed by atoms with Crippen molar-refractivity contribution in [2.75, 3.05) is 0 Å². The topological polar surface area (TPSA) is 17.3 Å². The fraction of sp³-hybridized carbons (Fsp3) is 0.0250. The third-order valence-corrected chi connectivity index (χ3v) is 11.4. The third-order valence-electron chi connectivity index (χ3n) is 9.03. The average Bonchev–Trinajstić information content (AvgIpc) is 3.71. The molecule has 0 bridgehead atoms. The van der Waals surface area contributed by atoms with Crippen LogP contribution < -0.4 is 0 Å². The number of fused-ring (bicyclic) bond motifs is 13. The van der Waals surface area contributed by atoms with Gasteiger partial charge in [-0.25, -0.2) is 4.99 Å². The van der Waals surface area contributed by atoms with Crippen molar-refractivity contribution in [3.8, 4) is 0 Å². The van der Waals surface area contributed by atoms with Gasteiger partial charge in [0.05, 0.1) is 21.6 Å². The standard InChI is InChI=1S/C40H24N2S2/c1-2-12-24(13-3-1)25-22-23-34(41-37-30-18-8-11-21-33(30)44-40(25)37)42-31-19-9-6-16-28(31)35-36-29-17-7-10-20-32(29)43-39(36)27-15-5-4-14-26(27)38(35)42/h1-22H,23H2. The molecule has 0 saturated carbocycles. The first kappa shape index (κ1) is 24.4. The van der Waals surface area contributed by atoms with E-state index in [9.17, 15) is 0 Å². The zero-order valence-electron chi connectivity index (χ0n) is 23.6. The van der Waals surface area contributed by atoms with Gasteiger partial charge in [-0.3, -0.25) is 4.57 Å². The Bertz CT molecular complexity index is 2680. The van der Waals surface area contributed by atoms with Crippen LogP contribution in [0.5, 0.6) is 0 Å². The highest BCUT2D eigenvalue weighted by atomic mass is 32.1. The maximum Gasteiger partial charge on any atom is 0.118 e. The number of allylic oxidation sites excluding steroid dienone is 1. The predicted molar refractivity (Wildman–Crippen MR) is 192 cm³/mol. The summed E-state index contributed by atoms with van der Waals surface area (Å²) in [6.07, 6.45) is 3.13. The number of rotatable bonds is 1. The second kappa shape index (κ2) is 9.23. The molecule has 0 N–H and O–H groups in total. The van der Waals surface area contributed by atoms with E-state index < -0.39 is 0 Å². The zero-order chi connectivity index (χ0) is 28.8. The highest BCUT2D eigenvalue weighted by Gasteiger charge is 2.25. The summed E-state index contributed by atoms with van der Waals surface area (Å²) in [6, 6.07) is 46.2. The molecule has 0 amide bonds. The second-order valence-corrected chi connectivity index (χ2v) is 13.5. The van der Waals surface area contributed by atoms with E-state index in [0.29, 0.717) is 0 Å². The summed E-state index contributed by atoms with van der Waals surface area (Å²) in [5, 5.41) is 9.06. The summed E-state index contributed by atoms with van der Waals surface area (Å²) in [5.41, 5.74) is 6.01. The van der Waals surface area contributed by atoms with Gasteiger partial charge in [0.25, 0.3) is 0 Å². The van der Waals surface area contributed by atoms with Crippen LogP contribution in [0.2, 0.25) is 0 Å². The summed E-state index contributed by atoms with van der Waals surface area (Å²) in [4.78, 5) is 6.86. The number of para-hydroxylation sites is 1. The van der Waals surface area contributed by atoms with Crippen LogP contribution >= 0.6 is 22.7 Å². The van der Waals surface area contributed by atoms with Crippen LogP contribution in [0.4, 0.5) is 5.69 Å². The minimum absolute atomic E-state index is 0.727. The Morgan fingerprint density at radius 1 is 0.545 bits per heavy atom. The summed E-state index contributed by atoms with van der Waals surface area (Å²) >= 11 is 3.75. The van der Waals surface area contributed by atoms with Crippen molar-refractivity contribution in [2.45, 2.75) is 6.42 Å². The molecule has 4 heterocycles. The van der Waals surface area contributed by atoms with Gasteiger partial charge in [-0.05, 0) is 29.3 Å². The Morgan fingerprint density at radius 2 is 1.18 bits per heavy atom. The fourth-order valence-corrected chi connectivity index (χ4v) is 9.63. The molecule has 6 aromatic carbocycles. The van der Waals surface area contributed by atoms with E-state index in [1.807, 2.05) is 22.7 Å². The van der Waals surface area contributed by atoms with Gasteiger partial charge in [0.15, 0.2) is 0 Å². The van der Waals surface area contributed by atoms with Crippen molar-refractivity contribution in [3.05, 3.63) is 144 Å². The lowest BCUT2D eigenvalue weighted by molar-refractivity contribution is 1.20. The van der Waals surface area contributed by atoms with Crippen LogP contribution in [0.25, 0.3) is 68.4 Å². The van der Waals surface area contributed by atoms with Crippen LogP contribution in [-0.2, 0) is 0 Å². The third kappa shape index (κ3) is 3.32. The van der Waals surface area contributed by atoms with E-state index in [4.69, 9.17) is 4.99 Å². The molecule has 0 aliphatic carbocycles. The van der Waals surface area contributed by atoms with Crippen LogP contribution in [0.15, 0.2) is 138 Å². The van der Waals surface area contributed by atoms with Crippen molar-refractivity contribution in [1.82, 2.24) is 4.57 Å². The molecule has 3 aromatic heterocycles. The Kier molecular flexibility index (Phi) is 5.12. The van der Waals surface area contributed by atoms with Gasteiger partial charge >= 0.3 is 0 Å². The number of aromatic nitrogens is 1. The Hall–Kier alpha value is -5.03.